The van der Waals surface area contributed by atoms with Crippen molar-refractivity contribution in [3.63, 3.8) is 0 Å². The molecule has 2 N–H and O–H groups in total. The van der Waals surface area contributed by atoms with Gasteiger partial charge in [0, 0.05) is 28.4 Å². The van der Waals surface area contributed by atoms with Crippen LogP contribution in [0, 0.1) is 0 Å². The van der Waals surface area contributed by atoms with E-state index in [0.29, 0.717) is 27.0 Å². The summed E-state index contributed by atoms with van der Waals surface area (Å²) in [5.41, 5.74) is 1.28. The maximum absolute atomic E-state index is 12.5. The molecule has 7 heteroatoms. The highest BCUT2D eigenvalue weighted by Crippen LogP contribution is 2.37. The van der Waals surface area contributed by atoms with Crippen molar-refractivity contribution in [2.24, 2.45) is 0 Å². The Bertz CT molecular complexity index is 951. The lowest BCUT2D eigenvalue weighted by Crippen LogP contribution is -2.11. The third-order valence-corrected chi connectivity index (χ3v) is 5.18. The van der Waals surface area contributed by atoms with Gasteiger partial charge < -0.3 is 15.4 Å². The molecule has 0 fully saturated rings. The lowest BCUT2D eigenvalue weighted by molar-refractivity contribution is -0.114. The number of methoxy groups -OCH3 is 1. The monoisotopic (exact) mass is 374 g/mol. The van der Waals surface area contributed by atoms with E-state index in [1.54, 1.807) is 31.4 Å². The van der Waals surface area contributed by atoms with E-state index >= 15 is 0 Å². The van der Waals surface area contributed by atoms with Crippen LogP contribution in [0.15, 0.2) is 42.5 Å². The Morgan fingerprint density at radius 3 is 2.28 bits per heavy atom. The number of ether oxygens (including phenoxy) is 1. The van der Waals surface area contributed by atoms with Gasteiger partial charge in [0.15, 0.2) is 0 Å². The summed E-state index contributed by atoms with van der Waals surface area (Å²) in [7, 11) is 1.58. The Labute approximate surface area is 153 Å². The molecule has 0 aliphatic heterocycles. The zero-order chi connectivity index (χ0) is 18.0. The van der Waals surface area contributed by atoms with Crippen LogP contribution < -0.4 is 15.4 Å². The first kappa shape index (κ1) is 17.3. The zero-order valence-electron chi connectivity index (χ0n) is 13.6. The molecule has 3 rings (SSSR count). The first-order valence-electron chi connectivity index (χ1n) is 7.43. The Kier molecular flexibility index (Phi) is 4.92. The van der Waals surface area contributed by atoms with Gasteiger partial charge in [-0.1, -0.05) is 11.6 Å². The van der Waals surface area contributed by atoms with Crippen molar-refractivity contribution < 1.29 is 14.3 Å². The van der Waals surface area contributed by atoms with Gasteiger partial charge in [-0.25, -0.2) is 0 Å². The average Bonchev–Trinajstić information content (AvgIpc) is 2.92. The molecule has 5 nitrogen and oxygen atoms in total. The zero-order valence-corrected chi connectivity index (χ0v) is 15.1. The summed E-state index contributed by atoms with van der Waals surface area (Å²) in [5.74, 6) is 0.259. The highest BCUT2D eigenvalue weighted by atomic mass is 35.5. The number of benzene rings is 2. The molecule has 0 bridgehead atoms. The van der Waals surface area contributed by atoms with Crippen LogP contribution >= 0.6 is 22.9 Å². The van der Waals surface area contributed by atoms with E-state index in [2.05, 4.69) is 10.6 Å². The second kappa shape index (κ2) is 7.13. The van der Waals surface area contributed by atoms with Gasteiger partial charge in [0.05, 0.1) is 12.1 Å². The smallest absolute Gasteiger partial charge is 0.267 e. The second-order valence-electron chi connectivity index (χ2n) is 5.32. The van der Waals surface area contributed by atoms with Crippen molar-refractivity contribution in [1.29, 1.82) is 0 Å². The number of amides is 2. The predicted octanol–water partition coefficient (Wildman–Crippen LogP) is 4.77. The summed E-state index contributed by atoms with van der Waals surface area (Å²) in [6.45, 7) is 1.44. The average molecular weight is 375 g/mol. The first-order valence-corrected chi connectivity index (χ1v) is 8.62. The third-order valence-electron chi connectivity index (χ3n) is 3.50. The molecule has 25 heavy (non-hydrogen) atoms. The van der Waals surface area contributed by atoms with Gasteiger partial charge in [0.2, 0.25) is 5.91 Å². The van der Waals surface area contributed by atoms with Crippen molar-refractivity contribution >= 4 is 56.2 Å². The Hall–Kier alpha value is -2.57. The summed E-state index contributed by atoms with van der Waals surface area (Å²) >= 11 is 7.70. The minimum atomic E-state index is -0.280. The summed E-state index contributed by atoms with van der Waals surface area (Å²) in [4.78, 5) is 24.0. The van der Waals surface area contributed by atoms with Crippen LogP contribution in [0.2, 0.25) is 5.02 Å². The van der Waals surface area contributed by atoms with Crippen LogP contribution in [-0.2, 0) is 4.79 Å². The molecule has 2 aromatic carbocycles. The number of fused-ring (bicyclic) bond motifs is 1. The van der Waals surface area contributed by atoms with Crippen molar-refractivity contribution in [2.75, 3.05) is 17.7 Å². The molecule has 1 aromatic heterocycles. The van der Waals surface area contributed by atoms with Gasteiger partial charge in [0.1, 0.15) is 10.6 Å². The highest BCUT2D eigenvalue weighted by Gasteiger charge is 2.17. The number of anilines is 2. The standard InChI is InChI=1S/C18H15ClN2O3S/c1-10(22)20-11-3-5-12(6-4-11)21-18(23)17-16(19)14-9-13(24-2)7-8-15(14)25-17/h3-9H,1-2H3,(H,20,22)(H,21,23). The predicted molar refractivity (Wildman–Crippen MR) is 102 cm³/mol. The van der Waals surface area contributed by atoms with E-state index in [-0.39, 0.29) is 11.8 Å². The van der Waals surface area contributed by atoms with Gasteiger partial charge >= 0.3 is 0 Å². The Balaban J connectivity index is 1.82. The van der Waals surface area contributed by atoms with Gasteiger partial charge in [-0.05, 0) is 42.5 Å². The van der Waals surface area contributed by atoms with Crippen molar-refractivity contribution in [1.82, 2.24) is 0 Å². The van der Waals surface area contributed by atoms with Crippen LogP contribution in [0.1, 0.15) is 16.6 Å². The Morgan fingerprint density at radius 1 is 1.04 bits per heavy atom. The molecule has 0 aliphatic rings. The second-order valence-corrected chi connectivity index (χ2v) is 6.75. The molecule has 0 saturated heterocycles. The lowest BCUT2D eigenvalue weighted by Gasteiger charge is -2.06. The number of nitrogens with one attached hydrogen (secondary N) is 2. The molecule has 0 unspecified atom stereocenters. The molecule has 2 amide bonds. The molecule has 1 heterocycles. The SMILES string of the molecule is COc1ccc2sc(C(=O)Nc3ccc(NC(C)=O)cc3)c(Cl)c2c1. The molecular formula is C18H15ClN2O3S. The van der Waals surface area contributed by atoms with Crippen molar-refractivity contribution in [3.8, 4) is 5.75 Å². The number of hydrogen-bond acceptors (Lipinski definition) is 4. The molecule has 0 spiro atoms. The number of halogens is 1. The fraction of sp³-hybridized carbons (Fsp3) is 0.111. The molecule has 3 aromatic rings. The fourth-order valence-corrected chi connectivity index (χ4v) is 3.73. The van der Waals surface area contributed by atoms with E-state index in [1.807, 2.05) is 18.2 Å². The van der Waals surface area contributed by atoms with Gasteiger partial charge in [-0.15, -0.1) is 11.3 Å². The number of carbonyl (C=O) groups is 2. The highest BCUT2D eigenvalue weighted by molar-refractivity contribution is 7.21. The van der Waals surface area contributed by atoms with E-state index in [9.17, 15) is 9.59 Å². The van der Waals surface area contributed by atoms with E-state index < -0.39 is 0 Å². The quantitative estimate of drug-likeness (QED) is 0.691. The minimum Gasteiger partial charge on any atom is -0.497 e. The molecule has 0 saturated carbocycles. The molecule has 0 aliphatic carbocycles. The number of carbonyl (C=O) groups excluding carboxylic acids is 2. The van der Waals surface area contributed by atoms with Crippen LogP contribution in [0.25, 0.3) is 10.1 Å². The molecular weight excluding hydrogens is 360 g/mol. The summed E-state index contributed by atoms with van der Waals surface area (Å²) in [6, 6.07) is 12.4. The van der Waals surface area contributed by atoms with Gasteiger partial charge in [-0.2, -0.15) is 0 Å². The lowest BCUT2D eigenvalue weighted by atomic mass is 10.2. The van der Waals surface area contributed by atoms with E-state index in [1.165, 1.54) is 18.3 Å². The summed E-state index contributed by atoms with van der Waals surface area (Å²) in [6.07, 6.45) is 0. The van der Waals surface area contributed by atoms with Crippen LogP contribution in [-0.4, -0.2) is 18.9 Å². The van der Waals surface area contributed by atoms with Gasteiger partial charge in [0.25, 0.3) is 5.91 Å². The number of thiophene rings is 1. The van der Waals surface area contributed by atoms with Crippen LogP contribution in [0.3, 0.4) is 0 Å². The third kappa shape index (κ3) is 3.75. The number of hydrogen-bond donors (Lipinski definition) is 2. The first-order chi connectivity index (χ1) is 12.0. The van der Waals surface area contributed by atoms with E-state index in [0.717, 1.165) is 10.1 Å². The summed E-state index contributed by atoms with van der Waals surface area (Å²) < 4.78 is 6.11. The maximum Gasteiger partial charge on any atom is 0.267 e. The van der Waals surface area contributed by atoms with Crippen molar-refractivity contribution in [3.05, 3.63) is 52.4 Å². The van der Waals surface area contributed by atoms with E-state index in [4.69, 9.17) is 16.3 Å². The van der Waals surface area contributed by atoms with Crippen LogP contribution in [0.5, 0.6) is 5.75 Å². The van der Waals surface area contributed by atoms with Crippen molar-refractivity contribution in [2.45, 2.75) is 6.92 Å². The fourth-order valence-electron chi connectivity index (χ4n) is 2.35. The molecule has 128 valence electrons. The van der Waals surface area contributed by atoms with Crippen LogP contribution in [0.4, 0.5) is 11.4 Å². The number of rotatable bonds is 4. The normalized spacial score (nSPS) is 10.5. The topological polar surface area (TPSA) is 67.4 Å². The molecule has 0 radical (unpaired) electrons. The molecule has 0 atom stereocenters. The maximum atomic E-state index is 12.5. The largest absolute Gasteiger partial charge is 0.497 e. The minimum absolute atomic E-state index is 0.149. The summed E-state index contributed by atoms with van der Waals surface area (Å²) in [5, 5.41) is 6.68. The Morgan fingerprint density at radius 2 is 1.68 bits per heavy atom. The van der Waals surface area contributed by atoms with Gasteiger partial charge in [-0.3, -0.25) is 9.59 Å².